The molecule has 2 rings (SSSR count). The van der Waals surface area contributed by atoms with Gasteiger partial charge in [-0.25, -0.2) is 0 Å². The maximum Gasteiger partial charge on any atom is 0.0640 e. The monoisotopic (exact) mass is 292 g/mol. The molecule has 1 heterocycles. The average molecular weight is 292 g/mol. The molecule has 1 atom stereocenters. The first-order valence-corrected chi connectivity index (χ1v) is 8.74. The lowest BCUT2D eigenvalue weighted by Gasteiger charge is -2.22. The second kappa shape index (κ2) is 8.54. The third kappa shape index (κ3) is 5.11. The van der Waals surface area contributed by atoms with Crippen LogP contribution in [-0.2, 0) is 6.42 Å². The summed E-state index contributed by atoms with van der Waals surface area (Å²) in [5.74, 6) is 0. The number of hydrogen-bond donors (Lipinski definition) is 1. The van der Waals surface area contributed by atoms with Crippen LogP contribution >= 0.6 is 0 Å². The smallest absolute Gasteiger partial charge is 0.0640 e. The Balaban J connectivity index is 1.78. The fourth-order valence-electron chi connectivity index (χ4n) is 3.29. The summed E-state index contributed by atoms with van der Waals surface area (Å²) in [6.07, 6.45) is 10.8. The van der Waals surface area contributed by atoms with Crippen molar-refractivity contribution >= 4 is 0 Å². The van der Waals surface area contributed by atoms with Gasteiger partial charge in [-0.1, -0.05) is 33.1 Å². The molecule has 21 heavy (non-hydrogen) atoms. The lowest BCUT2D eigenvalue weighted by molar-refractivity contribution is 0.289. The van der Waals surface area contributed by atoms with Crippen molar-refractivity contribution in [3.63, 3.8) is 0 Å². The van der Waals surface area contributed by atoms with Crippen molar-refractivity contribution < 1.29 is 0 Å². The van der Waals surface area contributed by atoms with Gasteiger partial charge in [0.25, 0.3) is 0 Å². The summed E-state index contributed by atoms with van der Waals surface area (Å²) in [7, 11) is 0. The van der Waals surface area contributed by atoms with Crippen LogP contribution in [0.4, 0.5) is 0 Å². The summed E-state index contributed by atoms with van der Waals surface area (Å²) in [4.78, 5) is 2.43. The molecule has 2 N–H and O–H groups in total. The van der Waals surface area contributed by atoms with E-state index in [9.17, 15) is 0 Å². The largest absolute Gasteiger partial charge is 0.327 e. The Bertz CT molecular complexity index is 391. The van der Waals surface area contributed by atoms with E-state index in [1.54, 1.807) is 0 Å². The van der Waals surface area contributed by atoms with E-state index < -0.39 is 0 Å². The van der Waals surface area contributed by atoms with E-state index in [2.05, 4.69) is 35.7 Å². The van der Waals surface area contributed by atoms with Crippen molar-refractivity contribution in [1.29, 1.82) is 0 Å². The van der Waals surface area contributed by atoms with Gasteiger partial charge >= 0.3 is 0 Å². The third-order valence-electron chi connectivity index (χ3n) is 4.79. The SMILES string of the molecule is CCN(CC)CCC(N)Cc1ccn(C2CCCCC2)n1. The molecule has 0 saturated heterocycles. The van der Waals surface area contributed by atoms with Gasteiger partial charge in [-0.3, -0.25) is 4.68 Å². The van der Waals surface area contributed by atoms with Crippen LogP contribution in [0.15, 0.2) is 12.3 Å². The van der Waals surface area contributed by atoms with Crippen molar-refractivity contribution in [2.24, 2.45) is 5.73 Å². The van der Waals surface area contributed by atoms with Crippen molar-refractivity contribution in [3.8, 4) is 0 Å². The Morgan fingerprint density at radius 2 is 2.00 bits per heavy atom. The predicted molar refractivity (Wildman–Crippen MR) is 88.4 cm³/mol. The maximum atomic E-state index is 6.28. The van der Waals surface area contributed by atoms with E-state index in [4.69, 9.17) is 10.8 Å². The zero-order valence-electron chi connectivity index (χ0n) is 13.8. The molecule has 1 unspecified atom stereocenters. The highest BCUT2D eigenvalue weighted by Crippen LogP contribution is 2.27. The lowest BCUT2D eigenvalue weighted by atomic mass is 9.96. The fraction of sp³-hybridized carbons (Fsp3) is 0.824. The summed E-state index contributed by atoms with van der Waals surface area (Å²) >= 11 is 0. The summed E-state index contributed by atoms with van der Waals surface area (Å²) in [5, 5.41) is 4.76. The first-order chi connectivity index (χ1) is 10.2. The van der Waals surface area contributed by atoms with Crippen LogP contribution in [0.2, 0.25) is 0 Å². The summed E-state index contributed by atoms with van der Waals surface area (Å²) in [6, 6.07) is 3.01. The molecule has 0 bridgehead atoms. The van der Waals surface area contributed by atoms with Gasteiger partial charge in [-0.05, 0) is 45.0 Å². The molecule has 0 radical (unpaired) electrons. The molecule has 0 amide bonds. The Kier molecular flexibility index (Phi) is 6.71. The average Bonchev–Trinajstić information content (AvgIpc) is 2.97. The van der Waals surface area contributed by atoms with Gasteiger partial charge < -0.3 is 10.6 Å². The van der Waals surface area contributed by atoms with Gasteiger partial charge in [0.2, 0.25) is 0 Å². The van der Waals surface area contributed by atoms with Gasteiger partial charge in [0.1, 0.15) is 0 Å². The third-order valence-corrected chi connectivity index (χ3v) is 4.79. The van der Waals surface area contributed by atoms with Crippen LogP contribution in [0, 0.1) is 0 Å². The topological polar surface area (TPSA) is 47.1 Å². The molecule has 4 nitrogen and oxygen atoms in total. The second-order valence-corrected chi connectivity index (χ2v) is 6.36. The summed E-state index contributed by atoms with van der Waals surface area (Å²) in [6.45, 7) is 7.73. The zero-order chi connectivity index (χ0) is 15.1. The van der Waals surface area contributed by atoms with Crippen molar-refractivity contribution in [2.75, 3.05) is 19.6 Å². The van der Waals surface area contributed by atoms with Crippen LogP contribution < -0.4 is 5.73 Å². The normalized spacial score (nSPS) is 18.3. The van der Waals surface area contributed by atoms with E-state index >= 15 is 0 Å². The van der Waals surface area contributed by atoms with Crippen LogP contribution in [0.3, 0.4) is 0 Å². The number of nitrogens with zero attached hydrogens (tertiary/aromatic N) is 3. The number of nitrogens with two attached hydrogens (primary N) is 1. The molecule has 1 aromatic heterocycles. The van der Waals surface area contributed by atoms with E-state index in [0.717, 1.165) is 38.2 Å². The van der Waals surface area contributed by atoms with Gasteiger partial charge in [0.05, 0.1) is 11.7 Å². The van der Waals surface area contributed by atoms with Gasteiger partial charge in [0.15, 0.2) is 0 Å². The van der Waals surface area contributed by atoms with Gasteiger partial charge in [-0.2, -0.15) is 5.10 Å². The van der Waals surface area contributed by atoms with E-state index in [1.165, 1.54) is 32.1 Å². The minimum atomic E-state index is 0.223. The predicted octanol–water partition coefficient (Wildman–Crippen LogP) is 2.99. The van der Waals surface area contributed by atoms with Crippen LogP contribution in [0.5, 0.6) is 0 Å². The molecule has 1 fully saturated rings. The van der Waals surface area contributed by atoms with Crippen LogP contribution in [0.25, 0.3) is 0 Å². The minimum Gasteiger partial charge on any atom is -0.327 e. The molecular weight excluding hydrogens is 260 g/mol. The molecule has 0 aromatic carbocycles. The Morgan fingerprint density at radius 3 is 2.67 bits per heavy atom. The van der Waals surface area contributed by atoms with E-state index in [0.29, 0.717) is 6.04 Å². The Hall–Kier alpha value is -0.870. The van der Waals surface area contributed by atoms with Crippen LogP contribution in [-0.4, -0.2) is 40.4 Å². The van der Waals surface area contributed by atoms with E-state index in [-0.39, 0.29) is 6.04 Å². The number of aromatic nitrogens is 2. The minimum absolute atomic E-state index is 0.223. The van der Waals surface area contributed by atoms with Crippen LogP contribution in [0.1, 0.15) is 64.1 Å². The highest BCUT2D eigenvalue weighted by molar-refractivity contribution is 5.02. The van der Waals surface area contributed by atoms with Crippen molar-refractivity contribution in [2.45, 2.75) is 70.9 Å². The first-order valence-electron chi connectivity index (χ1n) is 8.74. The molecule has 0 aliphatic heterocycles. The van der Waals surface area contributed by atoms with Gasteiger partial charge in [0, 0.05) is 18.7 Å². The lowest BCUT2D eigenvalue weighted by Crippen LogP contribution is -2.31. The van der Waals surface area contributed by atoms with Crippen molar-refractivity contribution in [3.05, 3.63) is 18.0 Å². The number of hydrogen-bond acceptors (Lipinski definition) is 3. The number of rotatable bonds is 8. The quantitative estimate of drug-likeness (QED) is 0.801. The first kappa shape index (κ1) is 16.5. The standard InChI is InChI=1S/C17H32N4/c1-3-20(4-2)12-10-15(18)14-16-11-13-21(19-16)17-8-6-5-7-9-17/h11,13,15,17H,3-10,12,14,18H2,1-2H3. The Morgan fingerprint density at radius 1 is 1.29 bits per heavy atom. The highest BCUT2D eigenvalue weighted by Gasteiger charge is 2.16. The fourth-order valence-corrected chi connectivity index (χ4v) is 3.29. The van der Waals surface area contributed by atoms with E-state index in [1.807, 2.05) is 0 Å². The molecule has 120 valence electrons. The molecule has 1 saturated carbocycles. The molecule has 0 spiro atoms. The zero-order valence-corrected chi connectivity index (χ0v) is 13.8. The van der Waals surface area contributed by atoms with Gasteiger partial charge in [-0.15, -0.1) is 0 Å². The summed E-state index contributed by atoms with van der Waals surface area (Å²) in [5.41, 5.74) is 7.44. The molecule has 1 aliphatic carbocycles. The molecule has 1 aromatic rings. The molecule has 1 aliphatic rings. The van der Waals surface area contributed by atoms with Crippen molar-refractivity contribution in [1.82, 2.24) is 14.7 Å². The Labute approximate surface area is 129 Å². The molecular formula is C17H32N4. The maximum absolute atomic E-state index is 6.28. The molecule has 4 heteroatoms. The second-order valence-electron chi connectivity index (χ2n) is 6.36. The highest BCUT2D eigenvalue weighted by atomic mass is 15.3. The summed E-state index contributed by atoms with van der Waals surface area (Å²) < 4.78 is 2.19.